The van der Waals surface area contributed by atoms with Crippen molar-refractivity contribution in [2.75, 3.05) is 4.90 Å². The summed E-state index contributed by atoms with van der Waals surface area (Å²) in [5.74, 6) is 0. The van der Waals surface area contributed by atoms with Gasteiger partial charge in [-0.1, -0.05) is 170 Å². The number of nitrogens with zero attached hydrogens (tertiary/aromatic N) is 1. The second kappa shape index (κ2) is 13.4. The minimum absolute atomic E-state index is 0.103. The molecule has 54 heavy (non-hydrogen) atoms. The van der Waals surface area contributed by atoms with Crippen LogP contribution in [0.5, 0.6) is 0 Å². The minimum Gasteiger partial charge on any atom is -0.455 e. The zero-order chi connectivity index (χ0) is 39.3. The molecule has 2 nitrogen and oxygen atoms in total. The summed E-state index contributed by atoms with van der Waals surface area (Å²) in [7, 11) is 0. The molecule has 1 aromatic heterocycles. The highest BCUT2D eigenvalue weighted by Gasteiger charge is 2.19. The van der Waals surface area contributed by atoms with E-state index in [0.29, 0.717) is 11.3 Å². The molecular weight excluding hydrogens is 655 g/mol. The predicted octanol–water partition coefficient (Wildman–Crippen LogP) is 14.9. The van der Waals surface area contributed by atoms with Crippen LogP contribution in [0.1, 0.15) is 5.48 Å². The summed E-state index contributed by atoms with van der Waals surface area (Å²) in [5, 5.41) is 4.28. The van der Waals surface area contributed by atoms with E-state index < -0.39 is 0 Å². The Morgan fingerprint density at radius 1 is 0.370 bits per heavy atom. The molecule has 10 rings (SSSR count). The van der Waals surface area contributed by atoms with Crippen LogP contribution < -0.4 is 4.90 Å². The first-order valence-electron chi connectivity index (χ1n) is 20.1. The number of hydrogen-bond donors (Lipinski definition) is 0. The van der Waals surface area contributed by atoms with Gasteiger partial charge in [-0.25, -0.2) is 0 Å². The smallest absolute Gasteiger partial charge is 0.143 e. The summed E-state index contributed by atoms with van der Waals surface area (Å²) in [4.78, 5) is 1.87. The van der Waals surface area contributed by atoms with Crippen molar-refractivity contribution in [3.05, 3.63) is 212 Å². The Morgan fingerprint density at radius 3 is 1.70 bits per heavy atom. The Morgan fingerprint density at radius 2 is 0.944 bits per heavy atom. The highest BCUT2D eigenvalue weighted by Crippen LogP contribution is 2.43. The molecule has 0 unspecified atom stereocenters. The lowest BCUT2D eigenvalue weighted by Crippen LogP contribution is -2.11. The topological polar surface area (TPSA) is 16.4 Å². The second-order valence-corrected chi connectivity index (χ2v) is 13.4. The number of anilines is 3. The molecule has 0 aliphatic carbocycles. The Kier molecular flexibility index (Phi) is 6.84. The van der Waals surface area contributed by atoms with Crippen LogP contribution in [0.25, 0.3) is 77.2 Å². The minimum atomic E-state index is -0.128. The molecule has 9 aromatic carbocycles. The van der Waals surface area contributed by atoms with Crippen molar-refractivity contribution < 1.29 is 9.90 Å². The lowest BCUT2D eigenvalue weighted by atomic mass is 9.97. The summed E-state index contributed by atoms with van der Waals surface area (Å²) in [6, 6.07) is 61.9. The largest absolute Gasteiger partial charge is 0.455 e. The molecule has 0 bridgehead atoms. The highest BCUT2D eigenvalue weighted by atomic mass is 16.3. The fourth-order valence-electron chi connectivity index (χ4n) is 7.53. The first kappa shape index (κ1) is 27.5. The van der Waals surface area contributed by atoms with E-state index in [1.165, 1.54) is 0 Å². The van der Waals surface area contributed by atoms with Gasteiger partial charge in [-0.3, -0.25) is 0 Å². The molecule has 0 fully saturated rings. The molecule has 0 amide bonds. The molecule has 0 aliphatic rings. The van der Waals surface area contributed by atoms with E-state index >= 15 is 0 Å². The molecule has 0 saturated heterocycles. The van der Waals surface area contributed by atoms with E-state index in [1.807, 2.05) is 150 Å². The maximum absolute atomic E-state index is 9.54. The van der Waals surface area contributed by atoms with Gasteiger partial charge in [0.05, 0.1) is 11.2 Å². The normalized spacial score (nSPS) is 12.4. The Labute approximate surface area is 320 Å². The summed E-state index contributed by atoms with van der Waals surface area (Å²) in [5.41, 5.74) is 10.1. The van der Waals surface area contributed by atoms with Crippen molar-refractivity contribution in [3.63, 3.8) is 0 Å². The first-order valence-corrected chi connectivity index (χ1v) is 18.1. The summed E-state index contributed by atoms with van der Waals surface area (Å²) in [6.07, 6.45) is 0. The van der Waals surface area contributed by atoms with Crippen LogP contribution in [0.4, 0.5) is 17.1 Å². The van der Waals surface area contributed by atoms with Gasteiger partial charge in [-0.15, -0.1) is 0 Å². The van der Waals surface area contributed by atoms with E-state index in [0.717, 1.165) is 71.8 Å². The number of para-hydroxylation sites is 1. The van der Waals surface area contributed by atoms with Gasteiger partial charge in [0.25, 0.3) is 0 Å². The molecule has 254 valence electrons. The van der Waals surface area contributed by atoms with Crippen LogP contribution in [0.15, 0.2) is 217 Å². The van der Waals surface area contributed by atoms with Gasteiger partial charge in [0.2, 0.25) is 0 Å². The average molecular weight is 694 g/mol. The van der Waals surface area contributed by atoms with Crippen LogP contribution in [0.3, 0.4) is 0 Å². The molecule has 1 heterocycles. The van der Waals surface area contributed by atoms with Gasteiger partial charge in [0.1, 0.15) is 11.2 Å². The van der Waals surface area contributed by atoms with Crippen LogP contribution in [0.2, 0.25) is 0 Å². The van der Waals surface area contributed by atoms with Crippen LogP contribution >= 0.6 is 0 Å². The van der Waals surface area contributed by atoms with E-state index in [-0.39, 0.29) is 35.4 Å². The van der Waals surface area contributed by atoms with Crippen LogP contribution in [-0.2, 0) is 0 Å². The van der Waals surface area contributed by atoms with Gasteiger partial charge in [0, 0.05) is 33.1 Å². The number of hydrogen-bond acceptors (Lipinski definition) is 2. The van der Waals surface area contributed by atoms with Crippen LogP contribution in [-0.4, -0.2) is 0 Å². The predicted molar refractivity (Wildman–Crippen MR) is 228 cm³/mol. The van der Waals surface area contributed by atoms with Gasteiger partial charge in [-0.2, -0.15) is 0 Å². The molecule has 2 heteroatoms. The van der Waals surface area contributed by atoms with Crippen molar-refractivity contribution in [2.24, 2.45) is 0 Å². The highest BCUT2D eigenvalue weighted by molar-refractivity contribution is 6.19. The van der Waals surface area contributed by atoms with Crippen molar-refractivity contribution in [1.82, 2.24) is 0 Å². The monoisotopic (exact) mass is 693 g/mol. The summed E-state index contributed by atoms with van der Waals surface area (Å²) >= 11 is 0. The fourth-order valence-corrected chi connectivity index (χ4v) is 7.53. The van der Waals surface area contributed by atoms with Crippen molar-refractivity contribution in [3.8, 4) is 44.5 Å². The average Bonchev–Trinajstić information content (AvgIpc) is 3.68. The Balaban J connectivity index is 1.13. The molecule has 0 aliphatic heterocycles. The van der Waals surface area contributed by atoms with E-state index in [9.17, 15) is 5.48 Å². The Bertz CT molecular complexity index is 3110. The lowest BCUT2D eigenvalue weighted by Gasteiger charge is -2.28. The maximum atomic E-state index is 9.54. The number of rotatable bonds is 7. The SMILES string of the molecule is [2H]c1c([2H])c(N(c2ccc(-c3cccc4oc5c6ccccc6ccc5c34)cc2)c2ccccc2-c2ccccc2)c([2H])c([2H])c1-c1ccc(-c2ccccc2)cc1. The number of furan rings is 1. The number of fused-ring (bicyclic) bond motifs is 5. The lowest BCUT2D eigenvalue weighted by molar-refractivity contribution is 0.673. The summed E-state index contributed by atoms with van der Waals surface area (Å²) < 4.78 is 44.3. The molecule has 0 atom stereocenters. The quantitative estimate of drug-likeness (QED) is 0.165. The van der Waals surface area contributed by atoms with Gasteiger partial charge < -0.3 is 9.32 Å². The molecule has 0 N–H and O–H groups in total. The third kappa shape index (κ3) is 5.62. The van der Waals surface area contributed by atoms with Crippen LogP contribution in [0, 0.1) is 0 Å². The Hall–Kier alpha value is -7.16. The fraction of sp³-hybridized carbons (Fsp3) is 0. The van der Waals surface area contributed by atoms with E-state index in [2.05, 4.69) is 42.5 Å². The van der Waals surface area contributed by atoms with Crippen molar-refractivity contribution >= 4 is 49.8 Å². The first-order chi connectivity index (χ1) is 28.5. The van der Waals surface area contributed by atoms with Crippen molar-refractivity contribution in [1.29, 1.82) is 0 Å². The maximum Gasteiger partial charge on any atom is 0.143 e. The van der Waals surface area contributed by atoms with E-state index in [1.54, 1.807) is 0 Å². The third-order valence-electron chi connectivity index (χ3n) is 10.2. The van der Waals surface area contributed by atoms with Crippen molar-refractivity contribution in [2.45, 2.75) is 0 Å². The third-order valence-corrected chi connectivity index (χ3v) is 10.2. The zero-order valence-corrected chi connectivity index (χ0v) is 29.3. The molecular formula is C52H35NO. The van der Waals surface area contributed by atoms with Gasteiger partial charge in [0.15, 0.2) is 0 Å². The summed E-state index contributed by atoms with van der Waals surface area (Å²) in [6.45, 7) is 0. The van der Waals surface area contributed by atoms with Gasteiger partial charge in [-0.05, 0) is 86.7 Å². The molecule has 0 spiro atoms. The van der Waals surface area contributed by atoms with E-state index in [4.69, 9.17) is 4.42 Å². The molecule has 0 radical (unpaired) electrons. The second-order valence-electron chi connectivity index (χ2n) is 13.4. The zero-order valence-electron chi connectivity index (χ0n) is 33.3. The molecule has 0 saturated carbocycles. The van der Waals surface area contributed by atoms with Gasteiger partial charge >= 0.3 is 0 Å². The standard InChI is InChI=1S/C52H35NO/c1-3-12-36(13-4-1)37-22-24-38(25-23-37)39-26-31-43(32-27-39)53(49-20-10-9-17-45(49)40-14-5-2-6-15-40)44-33-28-42(29-34-44)46-19-11-21-50-51(46)48-35-30-41-16-7-8-18-47(41)52(48)54-50/h1-35H/i26D,27D,31D,32D. The molecule has 10 aromatic rings. The number of benzene rings is 9.